The lowest BCUT2D eigenvalue weighted by molar-refractivity contribution is 1.23. The van der Waals surface area contributed by atoms with Crippen molar-refractivity contribution in [3.8, 4) is 45.3 Å². The molecule has 5 heteroatoms. The van der Waals surface area contributed by atoms with Crippen LogP contribution in [-0.2, 0) is 0 Å². The molecule has 9 rings (SSSR count). The predicted molar refractivity (Wildman–Crippen MR) is 187 cm³/mol. The summed E-state index contributed by atoms with van der Waals surface area (Å²) in [6, 6.07) is 49.7. The van der Waals surface area contributed by atoms with Crippen molar-refractivity contribution in [1.29, 1.82) is 0 Å². The summed E-state index contributed by atoms with van der Waals surface area (Å²) in [5.41, 5.74) is 9.08. The van der Waals surface area contributed by atoms with Crippen LogP contribution in [0.15, 0.2) is 152 Å². The lowest BCUT2D eigenvalue weighted by atomic mass is 9.97. The van der Waals surface area contributed by atoms with Gasteiger partial charge in [0.1, 0.15) is 0 Å². The highest BCUT2D eigenvalue weighted by atomic mass is 14.9. The van der Waals surface area contributed by atoms with Crippen LogP contribution < -0.4 is 0 Å². The minimum atomic E-state index is 0.678. The van der Waals surface area contributed by atoms with Crippen molar-refractivity contribution >= 4 is 43.5 Å². The molecule has 0 N–H and O–H groups in total. The maximum Gasteiger partial charge on any atom is 0.160 e. The molecular formula is C41H25N5. The van der Waals surface area contributed by atoms with E-state index in [4.69, 9.17) is 19.9 Å². The highest BCUT2D eigenvalue weighted by Gasteiger charge is 2.16. The number of rotatable bonds is 4. The number of pyridine rings is 3. The average molecular weight is 588 g/mol. The lowest BCUT2D eigenvalue weighted by Crippen LogP contribution is -1.96. The van der Waals surface area contributed by atoms with E-state index in [9.17, 15) is 0 Å². The van der Waals surface area contributed by atoms with E-state index in [0.717, 1.165) is 82.9 Å². The van der Waals surface area contributed by atoms with Gasteiger partial charge in [0.25, 0.3) is 0 Å². The van der Waals surface area contributed by atoms with Crippen LogP contribution >= 0.6 is 0 Å². The molecule has 46 heavy (non-hydrogen) atoms. The fourth-order valence-electron chi connectivity index (χ4n) is 6.25. The van der Waals surface area contributed by atoms with Gasteiger partial charge in [-0.1, -0.05) is 103 Å². The van der Waals surface area contributed by atoms with E-state index in [1.165, 1.54) is 0 Å². The van der Waals surface area contributed by atoms with Gasteiger partial charge in [0.15, 0.2) is 5.82 Å². The van der Waals surface area contributed by atoms with Crippen LogP contribution in [0.25, 0.3) is 88.8 Å². The van der Waals surface area contributed by atoms with Gasteiger partial charge in [-0.2, -0.15) is 0 Å². The molecule has 0 radical (unpaired) electrons. The fraction of sp³-hybridized carbons (Fsp3) is 0. The van der Waals surface area contributed by atoms with Gasteiger partial charge in [-0.05, 0) is 53.2 Å². The molecule has 0 atom stereocenters. The number of nitrogens with zero attached hydrogens (tertiary/aromatic N) is 5. The zero-order valence-electron chi connectivity index (χ0n) is 24.7. The third kappa shape index (κ3) is 4.45. The molecule has 0 aliphatic carbocycles. The average Bonchev–Trinajstić information content (AvgIpc) is 3.14. The first-order valence-corrected chi connectivity index (χ1v) is 15.3. The summed E-state index contributed by atoms with van der Waals surface area (Å²) in [5.74, 6) is 0.678. The van der Waals surface area contributed by atoms with Crippen LogP contribution in [0.5, 0.6) is 0 Å². The summed E-state index contributed by atoms with van der Waals surface area (Å²) in [6.45, 7) is 0. The van der Waals surface area contributed by atoms with Crippen molar-refractivity contribution in [2.24, 2.45) is 0 Å². The van der Waals surface area contributed by atoms with Gasteiger partial charge in [-0.3, -0.25) is 4.98 Å². The smallest absolute Gasteiger partial charge is 0.160 e. The summed E-state index contributed by atoms with van der Waals surface area (Å²) in [6.07, 6.45) is 1.79. The molecule has 0 bridgehead atoms. The van der Waals surface area contributed by atoms with Crippen molar-refractivity contribution in [1.82, 2.24) is 24.9 Å². The Kier molecular flexibility index (Phi) is 6.06. The molecule has 4 heterocycles. The summed E-state index contributed by atoms with van der Waals surface area (Å²) < 4.78 is 0. The fourth-order valence-corrected chi connectivity index (χ4v) is 6.25. The Bertz CT molecular complexity index is 2580. The summed E-state index contributed by atoms with van der Waals surface area (Å²) in [4.78, 5) is 25.1. The van der Waals surface area contributed by atoms with Crippen LogP contribution in [-0.4, -0.2) is 24.9 Å². The van der Waals surface area contributed by atoms with Crippen molar-refractivity contribution in [3.63, 3.8) is 0 Å². The van der Waals surface area contributed by atoms with E-state index in [0.29, 0.717) is 5.82 Å². The van der Waals surface area contributed by atoms with E-state index in [1.807, 2.05) is 54.6 Å². The standard InChI is InChI=1S/C41H25N5/c1-2-10-26(11-3-1)38-32-14-6-7-15-34(32)45-41(46-38)30-24-29-12-4-5-13-31(29)33(25-30)35-21-19-27-17-18-28-20-22-37(36-16-8-9-23-42-36)44-40(28)39(27)43-35/h1-25H. The molecule has 0 unspecified atom stereocenters. The van der Waals surface area contributed by atoms with Crippen molar-refractivity contribution in [3.05, 3.63) is 152 Å². The second kappa shape index (κ2) is 10.7. The van der Waals surface area contributed by atoms with Gasteiger partial charge in [0.05, 0.1) is 39.3 Å². The molecule has 0 saturated heterocycles. The topological polar surface area (TPSA) is 64.5 Å². The highest BCUT2D eigenvalue weighted by Crippen LogP contribution is 2.36. The van der Waals surface area contributed by atoms with E-state index in [-0.39, 0.29) is 0 Å². The third-order valence-corrected chi connectivity index (χ3v) is 8.49. The van der Waals surface area contributed by atoms with Gasteiger partial charge >= 0.3 is 0 Å². The zero-order valence-corrected chi connectivity index (χ0v) is 24.7. The molecule has 5 aromatic carbocycles. The van der Waals surface area contributed by atoms with Crippen LogP contribution in [0.3, 0.4) is 0 Å². The largest absolute Gasteiger partial charge is 0.255 e. The quantitative estimate of drug-likeness (QED) is 0.192. The summed E-state index contributed by atoms with van der Waals surface area (Å²) in [5, 5.41) is 5.31. The number of hydrogen-bond acceptors (Lipinski definition) is 5. The van der Waals surface area contributed by atoms with E-state index in [2.05, 4.69) is 96.0 Å². The normalized spacial score (nSPS) is 11.5. The molecule has 0 saturated carbocycles. The van der Waals surface area contributed by atoms with E-state index < -0.39 is 0 Å². The number of fused-ring (bicyclic) bond motifs is 5. The van der Waals surface area contributed by atoms with Gasteiger partial charge in [-0.15, -0.1) is 0 Å². The van der Waals surface area contributed by atoms with Crippen LogP contribution in [0.2, 0.25) is 0 Å². The Morgan fingerprint density at radius 1 is 0.391 bits per heavy atom. The number of hydrogen-bond donors (Lipinski definition) is 0. The Morgan fingerprint density at radius 3 is 1.87 bits per heavy atom. The van der Waals surface area contributed by atoms with Crippen molar-refractivity contribution in [2.45, 2.75) is 0 Å². The molecule has 0 spiro atoms. The minimum Gasteiger partial charge on any atom is -0.255 e. The van der Waals surface area contributed by atoms with E-state index in [1.54, 1.807) is 6.20 Å². The van der Waals surface area contributed by atoms with Crippen LogP contribution in [0.1, 0.15) is 0 Å². The Morgan fingerprint density at radius 2 is 1.07 bits per heavy atom. The molecular weight excluding hydrogens is 562 g/mol. The molecule has 0 fully saturated rings. The first-order chi connectivity index (χ1) is 22.8. The Hall–Kier alpha value is -6.33. The van der Waals surface area contributed by atoms with Gasteiger partial charge in [0.2, 0.25) is 0 Å². The van der Waals surface area contributed by atoms with Crippen LogP contribution in [0.4, 0.5) is 0 Å². The van der Waals surface area contributed by atoms with Crippen LogP contribution in [0, 0.1) is 0 Å². The van der Waals surface area contributed by atoms with Crippen molar-refractivity contribution in [2.75, 3.05) is 0 Å². The predicted octanol–water partition coefficient (Wildman–Crippen LogP) is 9.94. The third-order valence-electron chi connectivity index (χ3n) is 8.49. The SMILES string of the molecule is c1ccc(-c2nc(-c3cc(-c4ccc5ccc6ccc(-c7ccccn7)nc6c5n4)c4ccccc4c3)nc3ccccc23)cc1. The molecule has 0 amide bonds. The van der Waals surface area contributed by atoms with Crippen molar-refractivity contribution < 1.29 is 0 Å². The summed E-state index contributed by atoms with van der Waals surface area (Å²) in [7, 11) is 0. The molecule has 4 aromatic heterocycles. The van der Waals surface area contributed by atoms with Gasteiger partial charge in [0, 0.05) is 39.0 Å². The number of aromatic nitrogens is 5. The van der Waals surface area contributed by atoms with E-state index >= 15 is 0 Å². The highest BCUT2D eigenvalue weighted by molar-refractivity contribution is 6.06. The maximum absolute atomic E-state index is 5.28. The number of para-hydroxylation sites is 1. The maximum atomic E-state index is 5.28. The first kappa shape index (κ1) is 26.1. The molecule has 5 nitrogen and oxygen atoms in total. The monoisotopic (exact) mass is 587 g/mol. The zero-order chi connectivity index (χ0) is 30.5. The molecule has 0 aliphatic rings. The lowest BCUT2D eigenvalue weighted by Gasteiger charge is -2.13. The molecule has 0 aliphatic heterocycles. The molecule has 214 valence electrons. The molecule has 9 aromatic rings. The second-order valence-corrected chi connectivity index (χ2v) is 11.3. The van der Waals surface area contributed by atoms with Gasteiger partial charge in [-0.25, -0.2) is 19.9 Å². The Balaban J connectivity index is 1.27. The number of benzene rings is 5. The minimum absolute atomic E-state index is 0.678. The Labute approximate surface area is 264 Å². The van der Waals surface area contributed by atoms with Gasteiger partial charge < -0.3 is 0 Å². The second-order valence-electron chi connectivity index (χ2n) is 11.3. The first-order valence-electron chi connectivity index (χ1n) is 15.3. The summed E-state index contributed by atoms with van der Waals surface area (Å²) >= 11 is 0.